The van der Waals surface area contributed by atoms with Crippen LogP contribution in [0.2, 0.25) is 0 Å². The van der Waals surface area contributed by atoms with Crippen molar-refractivity contribution < 1.29 is 19.1 Å². The van der Waals surface area contributed by atoms with Crippen molar-refractivity contribution in [3.05, 3.63) is 18.3 Å². The number of aromatic nitrogens is 5. The zero-order chi connectivity index (χ0) is 16.8. The molecule has 0 fully saturated rings. The van der Waals surface area contributed by atoms with Crippen molar-refractivity contribution in [1.82, 2.24) is 25.2 Å². The minimum Gasteiger partial charge on any atom is -0.468 e. The molecule has 2 rings (SSSR count). The average molecular weight is 386 g/mol. The van der Waals surface area contributed by atoms with E-state index in [1.807, 2.05) is 0 Å². The molecule has 0 aromatic carbocycles. The summed E-state index contributed by atoms with van der Waals surface area (Å²) in [6, 6.07) is 2.82. The van der Waals surface area contributed by atoms with Crippen molar-refractivity contribution in [2.75, 3.05) is 14.2 Å². The van der Waals surface area contributed by atoms with Gasteiger partial charge in [-0.15, -0.1) is 15.0 Å². The predicted molar refractivity (Wildman–Crippen MR) is 82.6 cm³/mol. The quantitative estimate of drug-likeness (QED) is 0.560. The number of alkyl halides is 1. The number of hydrogen-bond acceptors (Lipinski definition) is 7. The molecule has 9 nitrogen and oxygen atoms in total. The Bertz CT molecular complexity index is 657. The molecule has 0 aliphatic heterocycles. The van der Waals surface area contributed by atoms with Gasteiger partial charge in [0.25, 0.3) is 0 Å². The van der Waals surface area contributed by atoms with Crippen LogP contribution in [0.15, 0.2) is 18.3 Å². The van der Waals surface area contributed by atoms with Crippen LogP contribution in [0.1, 0.15) is 18.9 Å². The lowest BCUT2D eigenvalue weighted by molar-refractivity contribution is -0.146. The number of carbonyl (C=O) groups is 2. The van der Waals surface area contributed by atoms with E-state index >= 15 is 0 Å². The Morgan fingerprint density at radius 3 is 2.65 bits per heavy atom. The van der Waals surface area contributed by atoms with Gasteiger partial charge in [-0.1, -0.05) is 15.9 Å². The van der Waals surface area contributed by atoms with Gasteiger partial charge in [0.2, 0.25) is 5.82 Å². The van der Waals surface area contributed by atoms with Crippen LogP contribution >= 0.6 is 15.9 Å². The third-order valence-electron chi connectivity index (χ3n) is 3.17. The molecule has 0 amide bonds. The van der Waals surface area contributed by atoms with Gasteiger partial charge in [0, 0.05) is 6.20 Å². The summed E-state index contributed by atoms with van der Waals surface area (Å²) in [7, 11) is 2.58. The first kappa shape index (κ1) is 17.1. The Hall–Kier alpha value is -2.23. The van der Waals surface area contributed by atoms with Crippen molar-refractivity contribution in [3.63, 3.8) is 0 Å². The molecular weight excluding hydrogens is 370 g/mol. The molecule has 0 aliphatic rings. The van der Waals surface area contributed by atoms with Gasteiger partial charge in [-0.05, 0) is 30.2 Å². The zero-order valence-electron chi connectivity index (χ0n) is 12.6. The van der Waals surface area contributed by atoms with Crippen LogP contribution < -0.4 is 0 Å². The second kappa shape index (κ2) is 7.86. The normalized spacial score (nSPS) is 13.3. The third kappa shape index (κ3) is 4.15. The number of esters is 2. The molecule has 2 aromatic heterocycles. The Morgan fingerprint density at radius 2 is 2.04 bits per heavy atom. The highest BCUT2D eigenvalue weighted by atomic mass is 79.9. The van der Waals surface area contributed by atoms with Crippen molar-refractivity contribution in [3.8, 4) is 11.5 Å². The van der Waals surface area contributed by atoms with Crippen LogP contribution in [0.3, 0.4) is 0 Å². The number of nitrogens with zero attached hydrogens (tertiary/aromatic N) is 4. The van der Waals surface area contributed by atoms with Crippen LogP contribution in [0.25, 0.3) is 11.5 Å². The fraction of sp³-hybridized carbons (Fsp3) is 0.462. The molecule has 2 heterocycles. The van der Waals surface area contributed by atoms with E-state index in [-0.39, 0.29) is 6.42 Å². The summed E-state index contributed by atoms with van der Waals surface area (Å²) >= 11 is 3.21. The molecule has 2 unspecified atom stereocenters. The molecule has 0 bridgehead atoms. The van der Waals surface area contributed by atoms with Crippen molar-refractivity contribution in [2.24, 2.45) is 0 Å². The topological polar surface area (TPSA) is 112 Å². The molecule has 0 radical (unpaired) electrons. The average Bonchev–Trinajstić information content (AvgIpc) is 3.24. The number of H-pyrrole nitrogens is 1. The number of halogens is 1. The summed E-state index contributed by atoms with van der Waals surface area (Å²) in [4.78, 5) is 27.0. The monoisotopic (exact) mass is 385 g/mol. The first-order valence-corrected chi connectivity index (χ1v) is 7.71. The fourth-order valence-electron chi connectivity index (χ4n) is 1.95. The van der Waals surface area contributed by atoms with E-state index in [2.05, 4.69) is 41.1 Å². The Balaban J connectivity index is 2.12. The lowest BCUT2D eigenvalue weighted by Gasteiger charge is -2.14. The number of aromatic amines is 1. The summed E-state index contributed by atoms with van der Waals surface area (Å²) < 4.78 is 9.41. The molecule has 0 saturated carbocycles. The highest BCUT2D eigenvalue weighted by Gasteiger charge is 2.27. The van der Waals surface area contributed by atoms with Gasteiger partial charge >= 0.3 is 11.9 Å². The maximum atomic E-state index is 12.0. The minimum atomic E-state index is -0.777. The van der Waals surface area contributed by atoms with Gasteiger partial charge in [0.1, 0.15) is 4.83 Å². The van der Waals surface area contributed by atoms with E-state index in [0.717, 1.165) is 0 Å². The van der Waals surface area contributed by atoms with E-state index in [1.54, 1.807) is 18.3 Å². The SMILES string of the molecule is COC(=O)C(Br)CCC(C(=O)OC)n1nnc(-c2ccc[nH]2)n1. The van der Waals surface area contributed by atoms with Crippen LogP contribution in [0.5, 0.6) is 0 Å². The summed E-state index contributed by atoms with van der Waals surface area (Å²) in [6.07, 6.45) is 2.38. The molecule has 10 heteroatoms. The summed E-state index contributed by atoms with van der Waals surface area (Å²) in [5.41, 5.74) is 0.688. The Morgan fingerprint density at radius 1 is 1.30 bits per heavy atom. The number of rotatable bonds is 7. The van der Waals surface area contributed by atoms with Gasteiger partial charge in [-0.25, -0.2) is 4.79 Å². The number of tetrazole rings is 1. The number of nitrogens with one attached hydrogen (secondary N) is 1. The summed E-state index contributed by atoms with van der Waals surface area (Å²) in [5, 5.41) is 12.0. The third-order valence-corrected chi connectivity index (χ3v) is 4.00. The van der Waals surface area contributed by atoms with Gasteiger partial charge in [-0.2, -0.15) is 0 Å². The smallest absolute Gasteiger partial charge is 0.332 e. The molecule has 124 valence electrons. The highest BCUT2D eigenvalue weighted by molar-refractivity contribution is 9.10. The van der Waals surface area contributed by atoms with Crippen LogP contribution in [-0.4, -0.2) is 56.2 Å². The molecule has 23 heavy (non-hydrogen) atoms. The van der Waals surface area contributed by atoms with E-state index < -0.39 is 22.8 Å². The lowest BCUT2D eigenvalue weighted by atomic mass is 10.1. The van der Waals surface area contributed by atoms with Crippen molar-refractivity contribution >= 4 is 27.9 Å². The van der Waals surface area contributed by atoms with E-state index in [9.17, 15) is 9.59 Å². The highest BCUT2D eigenvalue weighted by Crippen LogP contribution is 2.20. The van der Waals surface area contributed by atoms with Crippen molar-refractivity contribution in [1.29, 1.82) is 0 Å². The molecule has 0 aliphatic carbocycles. The lowest BCUT2D eigenvalue weighted by Crippen LogP contribution is -2.25. The molecule has 1 N–H and O–H groups in total. The summed E-state index contributed by atoms with van der Waals surface area (Å²) in [6.45, 7) is 0. The maximum Gasteiger partial charge on any atom is 0.332 e. The van der Waals surface area contributed by atoms with Gasteiger partial charge < -0.3 is 14.5 Å². The van der Waals surface area contributed by atoms with Crippen LogP contribution in [-0.2, 0) is 19.1 Å². The van der Waals surface area contributed by atoms with Crippen LogP contribution in [0, 0.1) is 0 Å². The van der Waals surface area contributed by atoms with Gasteiger partial charge in [-0.3, -0.25) is 4.79 Å². The number of carbonyl (C=O) groups excluding carboxylic acids is 2. The second-order valence-corrected chi connectivity index (χ2v) is 5.73. The maximum absolute atomic E-state index is 12.0. The van der Waals surface area contributed by atoms with E-state index in [0.29, 0.717) is 17.9 Å². The standard InChI is InChI=1S/C13H16BrN5O4/c1-22-12(20)8(14)5-6-10(13(21)23-2)19-17-11(16-18-19)9-4-3-7-15-9/h3-4,7-8,10,15H,5-6H2,1-2H3. The first-order chi connectivity index (χ1) is 11.1. The van der Waals surface area contributed by atoms with Crippen molar-refractivity contribution in [2.45, 2.75) is 23.7 Å². The van der Waals surface area contributed by atoms with Crippen LogP contribution in [0.4, 0.5) is 0 Å². The number of hydrogen-bond donors (Lipinski definition) is 1. The van der Waals surface area contributed by atoms with Gasteiger partial charge in [0.15, 0.2) is 6.04 Å². The largest absolute Gasteiger partial charge is 0.468 e. The molecule has 0 spiro atoms. The zero-order valence-corrected chi connectivity index (χ0v) is 14.2. The Kier molecular flexibility index (Phi) is 5.85. The molecule has 2 aromatic rings. The molecular formula is C13H16BrN5O4. The number of ether oxygens (including phenoxy) is 2. The van der Waals surface area contributed by atoms with Gasteiger partial charge in [0.05, 0.1) is 19.9 Å². The molecule has 0 saturated heterocycles. The second-order valence-electron chi connectivity index (χ2n) is 4.62. The predicted octanol–water partition coefficient (Wildman–Crippen LogP) is 1.10. The summed E-state index contributed by atoms with van der Waals surface area (Å²) in [5.74, 6) is -0.551. The van der Waals surface area contributed by atoms with E-state index in [4.69, 9.17) is 4.74 Å². The van der Waals surface area contributed by atoms with E-state index in [1.165, 1.54) is 19.0 Å². The Labute approximate surface area is 140 Å². The number of methoxy groups -OCH3 is 2. The first-order valence-electron chi connectivity index (χ1n) is 6.79. The molecule has 2 atom stereocenters. The fourth-order valence-corrected chi connectivity index (χ4v) is 2.40. The minimum absolute atomic E-state index is 0.290.